The molecule has 0 spiro atoms. The molecule has 0 unspecified atom stereocenters. The fraction of sp³-hybridized carbons (Fsp3) is 0. The van der Waals surface area contributed by atoms with Crippen LogP contribution in [0, 0.1) is 5.95 Å². The highest BCUT2D eigenvalue weighted by Crippen LogP contribution is 2.38. The molecule has 0 saturated carbocycles. The summed E-state index contributed by atoms with van der Waals surface area (Å²) in [6, 6.07) is 3.89. The summed E-state index contributed by atoms with van der Waals surface area (Å²) in [5.74, 6) is -2.26. The number of aromatic nitrogens is 1. The van der Waals surface area contributed by atoms with Crippen molar-refractivity contribution in [3.63, 3.8) is 0 Å². The maximum absolute atomic E-state index is 13.8. The van der Waals surface area contributed by atoms with E-state index in [9.17, 15) is 9.18 Å². The molecule has 3 nitrogen and oxygen atoms in total. The predicted molar refractivity (Wildman–Crippen MR) is 71.6 cm³/mol. The van der Waals surface area contributed by atoms with Crippen LogP contribution in [0.2, 0.25) is 15.1 Å². The largest absolute Gasteiger partial charge is 0.478 e. The molecule has 0 atom stereocenters. The Morgan fingerprint density at radius 3 is 2.58 bits per heavy atom. The second kappa shape index (κ2) is 5.33. The lowest BCUT2D eigenvalue weighted by Crippen LogP contribution is -2.03. The lowest BCUT2D eigenvalue weighted by Gasteiger charge is -2.10. The van der Waals surface area contributed by atoms with Gasteiger partial charge in [0.05, 0.1) is 21.2 Å². The first-order chi connectivity index (χ1) is 8.91. The van der Waals surface area contributed by atoms with Gasteiger partial charge in [0.1, 0.15) is 0 Å². The van der Waals surface area contributed by atoms with Crippen molar-refractivity contribution in [2.75, 3.05) is 0 Å². The van der Waals surface area contributed by atoms with Gasteiger partial charge in [-0.25, -0.2) is 9.78 Å². The zero-order valence-electron chi connectivity index (χ0n) is 9.12. The molecule has 0 bridgehead atoms. The minimum Gasteiger partial charge on any atom is -0.478 e. The smallest absolute Gasteiger partial charge is 0.336 e. The van der Waals surface area contributed by atoms with Gasteiger partial charge in [-0.1, -0.05) is 34.8 Å². The molecule has 1 aromatic carbocycles. The average Bonchev–Trinajstić information content (AvgIpc) is 2.33. The Morgan fingerprint density at radius 2 is 1.95 bits per heavy atom. The van der Waals surface area contributed by atoms with Crippen LogP contribution >= 0.6 is 34.8 Å². The molecule has 1 N–H and O–H groups in total. The van der Waals surface area contributed by atoms with Crippen LogP contribution < -0.4 is 0 Å². The van der Waals surface area contributed by atoms with Crippen molar-refractivity contribution in [3.8, 4) is 11.1 Å². The third-order valence-corrected chi connectivity index (χ3v) is 3.42. The molecule has 1 heterocycles. The Labute approximate surface area is 122 Å². The molecule has 1 aromatic heterocycles. The third kappa shape index (κ3) is 2.66. The number of carboxylic acids is 1. The van der Waals surface area contributed by atoms with Crippen molar-refractivity contribution in [1.82, 2.24) is 4.98 Å². The maximum Gasteiger partial charge on any atom is 0.336 e. The first kappa shape index (κ1) is 14.1. The number of nitrogens with zero attached hydrogens (tertiary/aromatic N) is 1. The van der Waals surface area contributed by atoms with E-state index in [0.29, 0.717) is 0 Å². The van der Waals surface area contributed by atoms with Gasteiger partial charge in [-0.2, -0.15) is 4.39 Å². The zero-order chi connectivity index (χ0) is 14.2. The predicted octanol–water partition coefficient (Wildman–Crippen LogP) is 4.55. The number of halogens is 4. The third-order valence-electron chi connectivity index (χ3n) is 2.40. The van der Waals surface area contributed by atoms with Crippen LogP contribution in [0.4, 0.5) is 4.39 Å². The van der Waals surface area contributed by atoms with Crippen LogP contribution in [0.15, 0.2) is 24.4 Å². The molecule has 2 aromatic rings. The average molecular weight is 321 g/mol. The van der Waals surface area contributed by atoms with Gasteiger partial charge in [-0.3, -0.25) is 0 Å². The number of aromatic carboxylic acids is 1. The number of benzene rings is 1. The van der Waals surface area contributed by atoms with Gasteiger partial charge in [0.15, 0.2) is 0 Å². The summed E-state index contributed by atoms with van der Waals surface area (Å²) in [5, 5.41) is 9.40. The molecule has 0 aliphatic rings. The molecule has 0 aliphatic carbocycles. The number of hydrogen-bond acceptors (Lipinski definition) is 2. The lowest BCUT2D eigenvalue weighted by molar-refractivity contribution is 0.0697. The van der Waals surface area contributed by atoms with Crippen LogP contribution in [0.5, 0.6) is 0 Å². The van der Waals surface area contributed by atoms with Crippen LogP contribution in [0.25, 0.3) is 11.1 Å². The van der Waals surface area contributed by atoms with E-state index in [1.54, 1.807) is 0 Å². The van der Waals surface area contributed by atoms with E-state index in [1.807, 2.05) is 0 Å². The fourth-order valence-electron chi connectivity index (χ4n) is 1.61. The molecule has 0 fully saturated rings. The molecule has 98 valence electrons. The van der Waals surface area contributed by atoms with Crippen molar-refractivity contribution in [2.24, 2.45) is 0 Å². The summed E-state index contributed by atoms with van der Waals surface area (Å²) < 4.78 is 13.8. The highest BCUT2D eigenvalue weighted by atomic mass is 35.5. The van der Waals surface area contributed by atoms with Crippen molar-refractivity contribution in [1.29, 1.82) is 0 Å². The quantitative estimate of drug-likeness (QED) is 0.652. The van der Waals surface area contributed by atoms with E-state index < -0.39 is 11.9 Å². The van der Waals surface area contributed by atoms with Gasteiger partial charge in [0, 0.05) is 16.8 Å². The van der Waals surface area contributed by atoms with E-state index in [1.165, 1.54) is 18.2 Å². The first-order valence-electron chi connectivity index (χ1n) is 4.94. The number of pyridine rings is 1. The molecule has 0 saturated heterocycles. The van der Waals surface area contributed by atoms with Crippen LogP contribution in [-0.4, -0.2) is 16.1 Å². The number of hydrogen-bond donors (Lipinski definition) is 1. The maximum atomic E-state index is 13.8. The van der Waals surface area contributed by atoms with Gasteiger partial charge in [-0.15, -0.1) is 0 Å². The number of rotatable bonds is 2. The standard InChI is InChI=1S/C12H5Cl3FNO2/c13-5-3-7(10(15)8(14)4-5)9-6(12(18)19)1-2-17-11(9)16/h1-4H,(H,18,19). The van der Waals surface area contributed by atoms with E-state index in [2.05, 4.69) is 4.98 Å². The Bertz CT molecular complexity index is 676. The SMILES string of the molecule is O=C(O)c1ccnc(F)c1-c1cc(Cl)cc(Cl)c1Cl. The zero-order valence-corrected chi connectivity index (χ0v) is 11.4. The van der Waals surface area contributed by atoms with E-state index in [-0.39, 0.29) is 31.8 Å². The first-order valence-corrected chi connectivity index (χ1v) is 6.08. The van der Waals surface area contributed by atoms with E-state index in [4.69, 9.17) is 39.9 Å². The topological polar surface area (TPSA) is 50.2 Å². The van der Waals surface area contributed by atoms with Gasteiger partial charge in [-0.05, 0) is 18.2 Å². The van der Waals surface area contributed by atoms with Crippen molar-refractivity contribution in [2.45, 2.75) is 0 Å². The minimum absolute atomic E-state index is 0.0143. The lowest BCUT2D eigenvalue weighted by atomic mass is 10.0. The molecular formula is C12H5Cl3FNO2. The monoisotopic (exact) mass is 319 g/mol. The second-order valence-electron chi connectivity index (χ2n) is 3.58. The van der Waals surface area contributed by atoms with E-state index >= 15 is 0 Å². The Kier molecular flexibility index (Phi) is 3.94. The fourth-order valence-corrected chi connectivity index (χ4v) is 2.31. The Balaban J connectivity index is 2.82. The highest BCUT2D eigenvalue weighted by molar-refractivity contribution is 6.45. The van der Waals surface area contributed by atoms with E-state index in [0.717, 1.165) is 6.20 Å². The van der Waals surface area contributed by atoms with Crippen LogP contribution in [0.1, 0.15) is 10.4 Å². The van der Waals surface area contributed by atoms with Gasteiger partial charge < -0.3 is 5.11 Å². The van der Waals surface area contributed by atoms with Gasteiger partial charge in [0.25, 0.3) is 0 Å². The van der Waals surface area contributed by atoms with Gasteiger partial charge >= 0.3 is 5.97 Å². The Hall–Kier alpha value is -1.36. The normalized spacial score (nSPS) is 10.5. The molecule has 19 heavy (non-hydrogen) atoms. The molecule has 0 aliphatic heterocycles. The highest BCUT2D eigenvalue weighted by Gasteiger charge is 2.21. The molecule has 0 radical (unpaired) electrons. The summed E-state index contributed by atoms with van der Waals surface area (Å²) in [7, 11) is 0. The van der Waals surface area contributed by atoms with Crippen LogP contribution in [0.3, 0.4) is 0 Å². The van der Waals surface area contributed by atoms with Gasteiger partial charge in [0.2, 0.25) is 5.95 Å². The molecule has 0 amide bonds. The number of carbonyl (C=O) groups is 1. The van der Waals surface area contributed by atoms with Crippen molar-refractivity contribution >= 4 is 40.8 Å². The van der Waals surface area contributed by atoms with Crippen molar-refractivity contribution < 1.29 is 14.3 Å². The molecule has 2 rings (SSSR count). The summed E-state index contributed by atoms with van der Waals surface area (Å²) in [5.41, 5.74) is -0.431. The van der Waals surface area contributed by atoms with Crippen molar-refractivity contribution in [3.05, 3.63) is 51.0 Å². The summed E-state index contributed by atoms with van der Waals surface area (Å²) in [6.07, 6.45) is 1.06. The summed E-state index contributed by atoms with van der Waals surface area (Å²) in [6.45, 7) is 0. The minimum atomic E-state index is -1.30. The Morgan fingerprint density at radius 1 is 1.26 bits per heavy atom. The molecular weight excluding hydrogens is 315 g/mol. The summed E-state index contributed by atoms with van der Waals surface area (Å²) in [4.78, 5) is 14.5. The summed E-state index contributed by atoms with van der Waals surface area (Å²) >= 11 is 17.6. The number of carboxylic acid groups (broad SMARTS) is 1. The van der Waals surface area contributed by atoms with Crippen LogP contribution in [-0.2, 0) is 0 Å². The molecule has 7 heteroatoms. The second-order valence-corrected chi connectivity index (χ2v) is 4.80.